The van der Waals surface area contributed by atoms with E-state index < -0.39 is 0 Å². The first kappa shape index (κ1) is 10.7. The molecule has 0 radical (unpaired) electrons. The molecule has 1 aromatic rings. The van der Waals surface area contributed by atoms with Gasteiger partial charge in [-0.2, -0.15) is 0 Å². The van der Waals surface area contributed by atoms with Crippen molar-refractivity contribution in [1.29, 1.82) is 0 Å². The summed E-state index contributed by atoms with van der Waals surface area (Å²) in [5, 5.41) is 0. The number of nitrogens with two attached hydrogens (primary N) is 1. The third-order valence-electron chi connectivity index (χ3n) is 3.49. The Morgan fingerprint density at radius 1 is 1.27 bits per heavy atom. The maximum atomic E-state index is 5.81. The maximum Gasteiger partial charge on any atom is 0.00131 e. The highest BCUT2D eigenvalue weighted by molar-refractivity contribution is 5.26. The average molecular weight is 203 g/mol. The summed E-state index contributed by atoms with van der Waals surface area (Å²) < 4.78 is 0. The number of benzene rings is 1. The minimum Gasteiger partial charge on any atom is -0.328 e. The molecule has 1 heteroatoms. The van der Waals surface area contributed by atoms with Crippen LogP contribution in [0, 0.1) is 12.8 Å². The van der Waals surface area contributed by atoms with E-state index in [9.17, 15) is 0 Å². The molecule has 15 heavy (non-hydrogen) atoms. The number of aryl methyl sites for hydroxylation is 1. The summed E-state index contributed by atoms with van der Waals surface area (Å²) in [5.74, 6) is 1.67. The Morgan fingerprint density at radius 3 is 2.40 bits per heavy atom. The smallest absolute Gasteiger partial charge is 0.00131 e. The lowest BCUT2D eigenvalue weighted by atomic mass is 9.69. The van der Waals surface area contributed by atoms with Gasteiger partial charge >= 0.3 is 0 Å². The van der Waals surface area contributed by atoms with E-state index >= 15 is 0 Å². The Morgan fingerprint density at radius 2 is 1.87 bits per heavy atom. The lowest BCUT2D eigenvalue weighted by Crippen LogP contribution is -2.28. The summed E-state index contributed by atoms with van der Waals surface area (Å²) in [6.45, 7) is 4.25. The van der Waals surface area contributed by atoms with Crippen LogP contribution in [0.3, 0.4) is 0 Å². The fourth-order valence-corrected chi connectivity index (χ4v) is 2.56. The molecule has 1 saturated carbocycles. The van der Waals surface area contributed by atoms with Crippen LogP contribution in [0.2, 0.25) is 0 Å². The van der Waals surface area contributed by atoms with Crippen molar-refractivity contribution in [2.24, 2.45) is 11.7 Å². The summed E-state index contributed by atoms with van der Waals surface area (Å²) in [4.78, 5) is 0. The van der Waals surface area contributed by atoms with Gasteiger partial charge in [-0.15, -0.1) is 0 Å². The fraction of sp³-hybridized carbons (Fsp3) is 0.571. The zero-order chi connectivity index (χ0) is 10.8. The minimum atomic E-state index is 0.369. The quantitative estimate of drug-likeness (QED) is 0.802. The predicted octanol–water partition coefficient (Wildman–Crippen LogP) is 3.23. The Hall–Kier alpha value is -0.820. The van der Waals surface area contributed by atoms with E-state index in [4.69, 9.17) is 5.73 Å². The van der Waals surface area contributed by atoms with Crippen molar-refractivity contribution in [3.63, 3.8) is 0 Å². The molecule has 0 aromatic heterocycles. The molecule has 2 N–H and O–H groups in total. The van der Waals surface area contributed by atoms with Crippen LogP contribution in [0.25, 0.3) is 0 Å². The minimum absolute atomic E-state index is 0.369. The highest BCUT2D eigenvalue weighted by Crippen LogP contribution is 2.43. The van der Waals surface area contributed by atoms with Crippen molar-refractivity contribution in [1.82, 2.24) is 0 Å². The van der Waals surface area contributed by atoms with E-state index in [0.717, 1.165) is 11.8 Å². The molecular formula is C14H21N. The molecule has 1 unspecified atom stereocenters. The molecule has 82 valence electrons. The van der Waals surface area contributed by atoms with E-state index in [1.54, 1.807) is 0 Å². The molecule has 1 fully saturated rings. The van der Waals surface area contributed by atoms with Crippen LogP contribution < -0.4 is 5.73 Å². The van der Waals surface area contributed by atoms with Crippen molar-refractivity contribution in [2.45, 2.75) is 45.1 Å². The van der Waals surface area contributed by atoms with Crippen molar-refractivity contribution in [3.8, 4) is 0 Å². The highest BCUT2D eigenvalue weighted by atomic mass is 14.6. The first-order valence-corrected chi connectivity index (χ1v) is 5.97. The van der Waals surface area contributed by atoms with E-state index in [1.807, 2.05) is 0 Å². The van der Waals surface area contributed by atoms with E-state index in [0.29, 0.717) is 6.04 Å². The van der Waals surface area contributed by atoms with Crippen molar-refractivity contribution in [2.75, 3.05) is 0 Å². The second-order valence-electron chi connectivity index (χ2n) is 5.16. The molecule has 1 aromatic carbocycles. The van der Waals surface area contributed by atoms with Gasteiger partial charge in [-0.25, -0.2) is 0 Å². The third-order valence-corrected chi connectivity index (χ3v) is 3.49. The van der Waals surface area contributed by atoms with Gasteiger partial charge in [0.1, 0.15) is 0 Å². The molecule has 1 aliphatic carbocycles. The Balaban J connectivity index is 1.86. The van der Waals surface area contributed by atoms with Gasteiger partial charge in [-0.1, -0.05) is 29.8 Å². The standard InChI is InChI=1S/C14H21N/c1-10-3-5-13(6-4-10)14-8-12(9-14)7-11(2)15/h3-6,11-12,14H,7-9,15H2,1-2H3. The van der Waals surface area contributed by atoms with E-state index in [2.05, 4.69) is 38.1 Å². The van der Waals surface area contributed by atoms with Crippen molar-refractivity contribution >= 4 is 0 Å². The second kappa shape index (κ2) is 4.36. The van der Waals surface area contributed by atoms with Crippen molar-refractivity contribution in [3.05, 3.63) is 35.4 Å². The van der Waals surface area contributed by atoms with Gasteiger partial charge in [-0.3, -0.25) is 0 Å². The van der Waals surface area contributed by atoms with Crippen LogP contribution in [0.15, 0.2) is 24.3 Å². The van der Waals surface area contributed by atoms with Gasteiger partial charge in [0.2, 0.25) is 0 Å². The fourth-order valence-electron chi connectivity index (χ4n) is 2.56. The average Bonchev–Trinajstić information content (AvgIpc) is 2.12. The van der Waals surface area contributed by atoms with E-state index in [1.165, 1.54) is 30.4 Å². The summed E-state index contributed by atoms with van der Waals surface area (Å²) in [6, 6.07) is 9.36. The van der Waals surface area contributed by atoms with Gasteiger partial charge in [0, 0.05) is 6.04 Å². The molecule has 0 amide bonds. The van der Waals surface area contributed by atoms with Crippen LogP contribution in [-0.2, 0) is 0 Å². The first-order valence-electron chi connectivity index (χ1n) is 5.97. The Labute approximate surface area is 92.7 Å². The predicted molar refractivity (Wildman–Crippen MR) is 64.9 cm³/mol. The molecule has 0 aliphatic heterocycles. The monoisotopic (exact) mass is 203 g/mol. The second-order valence-corrected chi connectivity index (χ2v) is 5.16. The van der Waals surface area contributed by atoms with Crippen LogP contribution in [0.4, 0.5) is 0 Å². The Kier molecular flexibility index (Phi) is 3.11. The number of hydrogen-bond acceptors (Lipinski definition) is 1. The van der Waals surface area contributed by atoms with Gasteiger partial charge in [-0.05, 0) is 50.5 Å². The molecule has 1 nitrogen and oxygen atoms in total. The van der Waals surface area contributed by atoms with Crippen LogP contribution in [0.5, 0.6) is 0 Å². The number of rotatable bonds is 3. The molecule has 0 bridgehead atoms. The Bertz CT molecular complexity index is 307. The molecule has 1 atom stereocenters. The van der Waals surface area contributed by atoms with Crippen LogP contribution in [-0.4, -0.2) is 6.04 Å². The van der Waals surface area contributed by atoms with Gasteiger partial charge < -0.3 is 5.73 Å². The zero-order valence-electron chi connectivity index (χ0n) is 9.74. The maximum absolute atomic E-state index is 5.81. The lowest BCUT2D eigenvalue weighted by Gasteiger charge is -2.36. The molecular weight excluding hydrogens is 182 g/mol. The first-order chi connectivity index (χ1) is 7.15. The molecule has 0 saturated heterocycles. The third kappa shape index (κ3) is 2.60. The van der Waals surface area contributed by atoms with Crippen LogP contribution >= 0.6 is 0 Å². The summed E-state index contributed by atoms with van der Waals surface area (Å²) in [6.07, 6.45) is 3.87. The van der Waals surface area contributed by atoms with Crippen LogP contribution in [0.1, 0.15) is 43.2 Å². The lowest BCUT2D eigenvalue weighted by molar-refractivity contribution is 0.237. The summed E-state index contributed by atoms with van der Waals surface area (Å²) in [7, 11) is 0. The molecule has 0 spiro atoms. The largest absolute Gasteiger partial charge is 0.328 e. The zero-order valence-corrected chi connectivity index (χ0v) is 9.74. The van der Waals surface area contributed by atoms with Crippen molar-refractivity contribution < 1.29 is 0 Å². The highest BCUT2D eigenvalue weighted by Gasteiger charge is 2.30. The summed E-state index contributed by atoms with van der Waals surface area (Å²) in [5.41, 5.74) is 8.67. The molecule has 0 heterocycles. The molecule has 2 rings (SSSR count). The topological polar surface area (TPSA) is 26.0 Å². The van der Waals surface area contributed by atoms with Gasteiger partial charge in [0.05, 0.1) is 0 Å². The number of hydrogen-bond donors (Lipinski definition) is 1. The van der Waals surface area contributed by atoms with Gasteiger partial charge in [0.25, 0.3) is 0 Å². The normalized spacial score (nSPS) is 27.1. The summed E-state index contributed by atoms with van der Waals surface area (Å²) >= 11 is 0. The van der Waals surface area contributed by atoms with Gasteiger partial charge in [0.15, 0.2) is 0 Å². The van der Waals surface area contributed by atoms with E-state index in [-0.39, 0.29) is 0 Å². The SMILES string of the molecule is Cc1ccc(C2CC(CC(C)N)C2)cc1. The molecule has 1 aliphatic rings.